The van der Waals surface area contributed by atoms with Crippen LogP contribution in [0, 0.1) is 0 Å². The average molecular weight is 721 g/mol. The van der Waals surface area contributed by atoms with Crippen molar-refractivity contribution in [2.45, 2.75) is 166 Å². The molecule has 0 aliphatic carbocycles. The maximum absolute atomic E-state index is 13.0. The number of hydrogen-bond acceptors (Lipinski definition) is 8. The Balaban J connectivity index is 0.000000201. The van der Waals surface area contributed by atoms with Gasteiger partial charge in [-0.2, -0.15) is 10.1 Å². The van der Waals surface area contributed by atoms with Crippen LogP contribution in [-0.4, -0.2) is 102 Å². The van der Waals surface area contributed by atoms with Gasteiger partial charge in [0.2, 0.25) is 0 Å². The van der Waals surface area contributed by atoms with Crippen molar-refractivity contribution in [1.82, 2.24) is 19.9 Å². The van der Waals surface area contributed by atoms with Crippen molar-refractivity contribution in [1.29, 1.82) is 0 Å². The molecule has 0 radical (unpaired) electrons. The molecule has 0 unspecified atom stereocenters. The van der Waals surface area contributed by atoms with E-state index >= 15 is 0 Å². The van der Waals surface area contributed by atoms with E-state index in [1.54, 1.807) is 9.80 Å². The maximum atomic E-state index is 13.0. The zero-order valence-corrected chi connectivity index (χ0v) is 32.9. The lowest BCUT2D eigenvalue weighted by Gasteiger charge is -2.51. The molecule has 0 aromatic heterocycles. The average Bonchev–Trinajstić information content (AvgIpc) is 3.55. The first-order chi connectivity index (χ1) is 24.5. The first-order valence-corrected chi connectivity index (χ1v) is 19.3. The minimum absolute atomic E-state index is 0.0231. The molecule has 10 heteroatoms. The van der Waals surface area contributed by atoms with Crippen LogP contribution in [0.25, 0.3) is 0 Å². The number of likely N-dealkylation sites (tertiary alicyclic amines) is 2. The number of amides is 2. The summed E-state index contributed by atoms with van der Waals surface area (Å²) in [7, 11) is 0. The van der Waals surface area contributed by atoms with Crippen LogP contribution in [0.5, 0.6) is 0 Å². The van der Waals surface area contributed by atoms with E-state index < -0.39 is 12.2 Å². The fraction of sp³-hybridized carbons (Fsp3) is 0.667. The number of hydrogen-bond donors (Lipinski definition) is 2. The third-order valence-corrected chi connectivity index (χ3v) is 11.6. The molecule has 4 heterocycles. The quantitative estimate of drug-likeness (QED) is 0.297. The molecule has 6 rings (SSSR count). The molecule has 2 amide bonds. The number of carbonyl (C=O) groups is 2. The van der Waals surface area contributed by atoms with Crippen molar-refractivity contribution in [2.75, 3.05) is 13.2 Å². The van der Waals surface area contributed by atoms with Gasteiger partial charge in [-0.3, -0.25) is 19.3 Å². The molecule has 10 nitrogen and oxygen atoms in total. The molecular weight excluding hydrogens is 656 g/mol. The Kier molecular flexibility index (Phi) is 12.6. The van der Waals surface area contributed by atoms with Gasteiger partial charge in [-0.15, -0.1) is 0 Å². The standard InChI is InChI=1S/2C21H32N2O3/c2*1-20(2)11-8-12-21(3,4)23(20)26-18-13-17(15-24)22(19(18)25)14-16-9-6-5-7-10-16/h2*5-7,9-10,17-18,24H,8,11-15H2,1-4H3/t2*17-,18-/m00/s1. The van der Waals surface area contributed by atoms with Gasteiger partial charge in [0.15, 0.2) is 12.2 Å². The maximum Gasteiger partial charge on any atom is 0.254 e. The van der Waals surface area contributed by atoms with Gasteiger partial charge >= 0.3 is 0 Å². The van der Waals surface area contributed by atoms with E-state index in [2.05, 4.69) is 55.4 Å². The molecule has 4 fully saturated rings. The molecule has 4 atom stereocenters. The van der Waals surface area contributed by atoms with Crippen molar-refractivity contribution in [3.05, 3.63) is 71.8 Å². The van der Waals surface area contributed by atoms with E-state index in [1.165, 1.54) is 0 Å². The molecule has 0 saturated carbocycles. The van der Waals surface area contributed by atoms with Crippen LogP contribution in [0.2, 0.25) is 0 Å². The SMILES string of the molecule is CC1(C)CCCC(C)(C)N1O[C@H]1C[C@@H](CO)N(Cc2ccccc2)C1=O.CC1(C)CCCC(C)(C)N1O[C@H]1C[C@@H](CO)N(Cc2ccccc2)C1=O. The highest BCUT2D eigenvalue weighted by atomic mass is 16.7. The lowest BCUT2D eigenvalue weighted by molar-refractivity contribution is -0.297. The third-order valence-electron chi connectivity index (χ3n) is 11.6. The summed E-state index contributed by atoms with van der Waals surface area (Å²) >= 11 is 0. The number of nitrogens with zero attached hydrogens (tertiary/aromatic N) is 4. The second-order valence-corrected chi connectivity index (χ2v) is 17.8. The minimum atomic E-state index is -0.521. The molecule has 0 spiro atoms. The van der Waals surface area contributed by atoms with Gasteiger partial charge in [0.05, 0.1) is 25.3 Å². The number of aliphatic hydroxyl groups excluding tert-OH is 2. The molecule has 2 aromatic carbocycles. The van der Waals surface area contributed by atoms with Gasteiger partial charge in [0, 0.05) is 48.1 Å². The molecule has 4 saturated heterocycles. The third kappa shape index (κ3) is 9.08. The largest absolute Gasteiger partial charge is 0.394 e. The topological polar surface area (TPSA) is 106 Å². The van der Waals surface area contributed by atoms with Crippen molar-refractivity contribution in [3.8, 4) is 0 Å². The van der Waals surface area contributed by atoms with Crippen LogP contribution in [0.1, 0.15) is 118 Å². The number of hydroxylamine groups is 4. The van der Waals surface area contributed by atoms with E-state index in [0.29, 0.717) is 25.9 Å². The lowest BCUT2D eigenvalue weighted by atomic mass is 9.82. The summed E-state index contributed by atoms with van der Waals surface area (Å²) in [5.41, 5.74) is 1.71. The summed E-state index contributed by atoms with van der Waals surface area (Å²) < 4.78 is 0. The predicted molar refractivity (Wildman–Crippen MR) is 202 cm³/mol. The predicted octanol–water partition coefficient (Wildman–Crippen LogP) is 6.25. The van der Waals surface area contributed by atoms with Gasteiger partial charge in [0.25, 0.3) is 11.8 Å². The number of carbonyl (C=O) groups excluding carboxylic acids is 2. The van der Waals surface area contributed by atoms with Crippen LogP contribution < -0.4 is 0 Å². The van der Waals surface area contributed by atoms with Crippen LogP contribution in [-0.2, 0) is 32.4 Å². The normalized spacial score (nSPS) is 28.5. The highest BCUT2D eigenvalue weighted by Gasteiger charge is 2.49. The smallest absolute Gasteiger partial charge is 0.254 e. The summed E-state index contributed by atoms with van der Waals surface area (Å²) in [6.07, 6.45) is 6.55. The van der Waals surface area contributed by atoms with Crippen molar-refractivity contribution < 1.29 is 29.5 Å². The lowest BCUT2D eigenvalue weighted by Crippen LogP contribution is -2.59. The van der Waals surface area contributed by atoms with Crippen LogP contribution in [0.3, 0.4) is 0 Å². The van der Waals surface area contributed by atoms with Crippen LogP contribution in [0.4, 0.5) is 0 Å². The highest BCUT2D eigenvalue weighted by Crippen LogP contribution is 2.41. The Bertz CT molecular complexity index is 1340. The highest BCUT2D eigenvalue weighted by molar-refractivity contribution is 5.84. The molecule has 288 valence electrons. The fourth-order valence-electron chi connectivity index (χ4n) is 8.95. The van der Waals surface area contributed by atoms with E-state index in [9.17, 15) is 19.8 Å². The second-order valence-electron chi connectivity index (χ2n) is 17.8. The van der Waals surface area contributed by atoms with Gasteiger partial charge < -0.3 is 20.0 Å². The van der Waals surface area contributed by atoms with Crippen molar-refractivity contribution in [2.24, 2.45) is 0 Å². The van der Waals surface area contributed by atoms with Gasteiger partial charge in [-0.05, 0) is 105 Å². The molecule has 4 aliphatic rings. The molecule has 2 aromatic rings. The van der Waals surface area contributed by atoms with E-state index in [4.69, 9.17) is 9.68 Å². The molecule has 0 bridgehead atoms. The fourth-order valence-corrected chi connectivity index (χ4v) is 8.95. The Labute approximate surface area is 312 Å². The Morgan fingerprint density at radius 1 is 0.558 bits per heavy atom. The monoisotopic (exact) mass is 720 g/mol. The number of benzene rings is 2. The molecule has 52 heavy (non-hydrogen) atoms. The number of rotatable bonds is 10. The Morgan fingerprint density at radius 2 is 0.865 bits per heavy atom. The molecular formula is C42H64N4O6. The number of aliphatic hydroxyl groups is 2. The first-order valence-electron chi connectivity index (χ1n) is 19.3. The van der Waals surface area contributed by atoms with Crippen LogP contribution >= 0.6 is 0 Å². The van der Waals surface area contributed by atoms with Crippen molar-refractivity contribution >= 4 is 11.8 Å². The molecule has 2 N–H and O–H groups in total. The molecule has 4 aliphatic heterocycles. The summed E-state index contributed by atoms with van der Waals surface area (Å²) in [4.78, 5) is 42.3. The first kappa shape index (κ1) is 40.3. The van der Waals surface area contributed by atoms with Gasteiger partial charge in [-0.1, -0.05) is 60.7 Å². The zero-order chi connectivity index (χ0) is 37.9. The van der Waals surface area contributed by atoms with E-state index in [-0.39, 0.29) is 59.3 Å². The second kappa shape index (κ2) is 16.2. The summed E-state index contributed by atoms with van der Waals surface area (Å²) in [5.74, 6) is -0.0462. The Morgan fingerprint density at radius 3 is 1.15 bits per heavy atom. The number of piperidine rings is 2. The Hall–Kier alpha value is -2.86. The summed E-state index contributed by atoms with van der Waals surface area (Å²) in [5, 5.41) is 23.7. The van der Waals surface area contributed by atoms with Crippen molar-refractivity contribution in [3.63, 3.8) is 0 Å². The minimum Gasteiger partial charge on any atom is -0.394 e. The van der Waals surface area contributed by atoms with E-state index in [0.717, 1.165) is 49.7 Å². The van der Waals surface area contributed by atoms with Gasteiger partial charge in [-0.25, -0.2) is 0 Å². The summed E-state index contributed by atoms with van der Waals surface area (Å²) in [6.45, 7) is 18.4. The summed E-state index contributed by atoms with van der Waals surface area (Å²) in [6, 6.07) is 19.4. The van der Waals surface area contributed by atoms with Crippen LogP contribution in [0.15, 0.2) is 60.7 Å². The van der Waals surface area contributed by atoms with E-state index in [1.807, 2.05) is 70.8 Å². The zero-order valence-electron chi connectivity index (χ0n) is 32.9. The van der Waals surface area contributed by atoms with Gasteiger partial charge in [0.1, 0.15) is 0 Å².